The summed E-state index contributed by atoms with van der Waals surface area (Å²) in [5, 5.41) is 0. The monoisotopic (exact) mass is 192 g/mol. The van der Waals surface area contributed by atoms with Crippen LogP contribution in [0.3, 0.4) is 0 Å². The molecule has 1 aliphatic carbocycles. The molecule has 0 aromatic heterocycles. The van der Waals surface area contributed by atoms with Gasteiger partial charge >= 0.3 is 0 Å². The number of hydrogen-bond donors (Lipinski definition) is 0. The van der Waals surface area contributed by atoms with Crippen molar-refractivity contribution in [2.45, 2.75) is 13.8 Å². The molecule has 0 atom stereocenters. The zero-order chi connectivity index (χ0) is 10.2. The van der Waals surface area contributed by atoms with Crippen LogP contribution in [0.4, 0.5) is 0 Å². The van der Waals surface area contributed by atoms with Crippen molar-refractivity contribution < 1.29 is 9.47 Å². The molecular formula is C12H16O2. The maximum Gasteiger partial charge on any atom is 0.119 e. The Balaban J connectivity index is 2.71. The molecule has 0 radical (unpaired) electrons. The topological polar surface area (TPSA) is 18.5 Å². The molecule has 1 aliphatic rings. The molecule has 0 aromatic rings. The summed E-state index contributed by atoms with van der Waals surface area (Å²) in [6, 6.07) is 0. The first-order chi connectivity index (χ1) is 6.86. The van der Waals surface area contributed by atoms with Crippen LogP contribution in [0.15, 0.2) is 48.0 Å². The predicted octanol–water partition coefficient (Wildman–Crippen LogP) is 2.95. The second-order valence-electron chi connectivity index (χ2n) is 2.72. The van der Waals surface area contributed by atoms with Gasteiger partial charge in [0.2, 0.25) is 0 Å². The lowest BCUT2D eigenvalue weighted by molar-refractivity contribution is 0.237. The molecule has 0 saturated heterocycles. The molecule has 76 valence electrons. The Morgan fingerprint density at radius 3 is 1.64 bits per heavy atom. The van der Waals surface area contributed by atoms with E-state index in [-0.39, 0.29) is 0 Å². The van der Waals surface area contributed by atoms with Crippen LogP contribution in [0.25, 0.3) is 0 Å². The molecule has 0 heterocycles. The zero-order valence-corrected chi connectivity index (χ0v) is 8.69. The lowest BCUT2D eigenvalue weighted by Gasteiger charge is -2.06. The molecule has 0 aromatic carbocycles. The molecule has 0 aliphatic heterocycles. The molecule has 0 spiro atoms. The van der Waals surface area contributed by atoms with Crippen LogP contribution in [-0.2, 0) is 9.47 Å². The van der Waals surface area contributed by atoms with E-state index >= 15 is 0 Å². The van der Waals surface area contributed by atoms with Gasteiger partial charge in [0, 0.05) is 0 Å². The van der Waals surface area contributed by atoms with Crippen LogP contribution in [0, 0.1) is 0 Å². The first-order valence-electron chi connectivity index (χ1n) is 4.89. The van der Waals surface area contributed by atoms with Crippen molar-refractivity contribution in [2.75, 3.05) is 13.2 Å². The normalized spacial score (nSPS) is 27.3. The highest BCUT2D eigenvalue weighted by Crippen LogP contribution is 2.08. The standard InChI is InChI=1S/C12H16O2/c1-3-13-11-7-5-6-8-12(10-9-11)14-4-2/h5-10H,3-4H2,1-2H3/b6-5?,7-5-,8-6-,10-9?,11-7?,11-9+,12-8?,12-10+. The zero-order valence-electron chi connectivity index (χ0n) is 8.69. The SMILES string of the molecule is CCOC1=C/C=C(OCC)\C=C/C=C\1. The molecule has 0 bridgehead atoms. The molecule has 0 fully saturated rings. The average molecular weight is 192 g/mol. The number of rotatable bonds is 4. The molecule has 14 heavy (non-hydrogen) atoms. The summed E-state index contributed by atoms with van der Waals surface area (Å²) in [6.07, 6.45) is 11.6. The summed E-state index contributed by atoms with van der Waals surface area (Å²) in [4.78, 5) is 0. The van der Waals surface area contributed by atoms with Crippen LogP contribution in [0.1, 0.15) is 13.8 Å². The molecule has 0 N–H and O–H groups in total. The Morgan fingerprint density at radius 1 is 0.857 bits per heavy atom. The van der Waals surface area contributed by atoms with Gasteiger partial charge in [-0.15, -0.1) is 0 Å². The molecule has 0 amide bonds. The van der Waals surface area contributed by atoms with Crippen LogP contribution < -0.4 is 0 Å². The third-order valence-electron chi connectivity index (χ3n) is 1.67. The molecule has 0 saturated carbocycles. The Hall–Kier alpha value is -1.44. The van der Waals surface area contributed by atoms with E-state index in [9.17, 15) is 0 Å². The number of allylic oxidation sites excluding steroid dienone is 6. The summed E-state index contributed by atoms with van der Waals surface area (Å²) in [5.74, 6) is 1.71. The van der Waals surface area contributed by atoms with Gasteiger partial charge < -0.3 is 9.47 Å². The van der Waals surface area contributed by atoms with Gasteiger partial charge in [0.1, 0.15) is 11.5 Å². The van der Waals surface area contributed by atoms with Crippen LogP contribution >= 0.6 is 0 Å². The van der Waals surface area contributed by atoms with Crippen molar-refractivity contribution in [3.63, 3.8) is 0 Å². The van der Waals surface area contributed by atoms with Crippen LogP contribution in [0.2, 0.25) is 0 Å². The van der Waals surface area contributed by atoms with Crippen molar-refractivity contribution in [2.24, 2.45) is 0 Å². The van der Waals surface area contributed by atoms with Crippen molar-refractivity contribution in [3.8, 4) is 0 Å². The minimum absolute atomic E-state index is 0.678. The highest BCUT2D eigenvalue weighted by Gasteiger charge is 1.94. The summed E-state index contributed by atoms with van der Waals surface area (Å²) in [7, 11) is 0. The first kappa shape index (κ1) is 10.6. The third-order valence-corrected chi connectivity index (χ3v) is 1.67. The molecule has 2 heteroatoms. The summed E-state index contributed by atoms with van der Waals surface area (Å²) in [5.41, 5.74) is 0. The van der Waals surface area contributed by atoms with Gasteiger partial charge in [0.15, 0.2) is 0 Å². The lowest BCUT2D eigenvalue weighted by atomic mass is 10.2. The number of hydrogen-bond acceptors (Lipinski definition) is 2. The lowest BCUT2D eigenvalue weighted by Crippen LogP contribution is -1.91. The van der Waals surface area contributed by atoms with Gasteiger partial charge in [0.25, 0.3) is 0 Å². The Labute approximate surface area is 85.2 Å². The average Bonchev–Trinajstić information content (AvgIpc) is 2.15. The molecular weight excluding hydrogens is 176 g/mol. The first-order valence-corrected chi connectivity index (χ1v) is 4.89. The van der Waals surface area contributed by atoms with Gasteiger partial charge in [-0.2, -0.15) is 0 Å². The maximum absolute atomic E-state index is 5.39. The fraction of sp³-hybridized carbons (Fsp3) is 0.333. The van der Waals surface area contributed by atoms with Gasteiger partial charge in [-0.3, -0.25) is 0 Å². The van der Waals surface area contributed by atoms with E-state index in [1.165, 1.54) is 0 Å². The molecule has 1 rings (SSSR count). The van der Waals surface area contributed by atoms with Gasteiger partial charge in [-0.05, 0) is 38.2 Å². The van der Waals surface area contributed by atoms with Gasteiger partial charge in [0.05, 0.1) is 13.2 Å². The highest BCUT2D eigenvalue weighted by molar-refractivity contribution is 5.30. The summed E-state index contributed by atoms with van der Waals surface area (Å²) in [6.45, 7) is 5.29. The van der Waals surface area contributed by atoms with E-state index in [0.29, 0.717) is 13.2 Å². The maximum atomic E-state index is 5.39. The fourth-order valence-electron chi connectivity index (χ4n) is 1.10. The largest absolute Gasteiger partial charge is 0.494 e. The summed E-state index contributed by atoms with van der Waals surface area (Å²) >= 11 is 0. The van der Waals surface area contributed by atoms with E-state index in [1.54, 1.807) is 0 Å². The van der Waals surface area contributed by atoms with Crippen LogP contribution in [-0.4, -0.2) is 13.2 Å². The minimum atomic E-state index is 0.678. The van der Waals surface area contributed by atoms with E-state index in [4.69, 9.17) is 9.47 Å². The number of ether oxygens (including phenoxy) is 2. The minimum Gasteiger partial charge on any atom is -0.494 e. The van der Waals surface area contributed by atoms with Crippen molar-refractivity contribution in [3.05, 3.63) is 48.0 Å². The van der Waals surface area contributed by atoms with E-state index in [1.807, 2.05) is 50.3 Å². The molecule has 0 unspecified atom stereocenters. The Kier molecular flexibility index (Phi) is 4.62. The van der Waals surface area contributed by atoms with Crippen molar-refractivity contribution in [1.82, 2.24) is 0 Å². The second kappa shape index (κ2) is 6.08. The Bertz CT molecular complexity index is 253. The fourth-order valence-corrected chi connectivity index (χ4v) is 1.10. The van der Waals surface area contributed by atoms with Crippen molar-refractivity contribution in [1.29, 1.82) is 0 Å². The van der Waals surface area contributed by atoms with E-state index in [2.05, 4.69) is 0 Å². The predicted molar refractivity (Wildman–Crippen MR) is 57.7 cm³/mol. The smallest absolute Gasteiger partial charge is 0.119 e. The second-order valence-corrected chi connectivity index (χ2v) is 2.72. The van der Waals surface area contributed by atoms with Gasteiger partial charge in [-0.1, -0.05) is 12.2 Å². The van der Waals surface area contributed by atoms with Crippen molar-refractivity contribution >= 4 is 0 Å². The quantitative estimate of drug-likeness (QED) is 0.681. The van der Waals surface area contributed by atoms with Crippen LogP contribution in [0.5, 0.6) is 0 Å². The third kappa shape index (κ3) is 3.52. The summed E-state index contributed by atoms with van der Waals surface area (Å²) < 4.78 is 10.8. The van der Waals surface area contributed by atoms with E-state index < -0.39 is 0 Å². The molecule has 2 nitrogen and oxygen atoms in total. The Morgan fingerprint density at radius 2 is 1.29 bits per heavy atom. The van der Waals surface area contributed by atoms with E-state index in [0.717, 1.165) is 11.5 Å². The highest BCUT2D eigenvalue weighted by atomic mass is 16.5. The van der Waals surface area contributed by atoms with Gasteiger partial charge in [-0.25, -0.2) is 0 Å².